The molecule has 1 atom stereocenters. The highest BCUT2D eigenvalue weighted by Crippen LogP contribution is 2.14. The minimum Gasteiger partial charge on any atom is -0.465 e. The Hall–Kier alpha value is -1.02. The molecule has 0 saturated carbocycles. The summed E-state index contributed by atoms with van der Waals surface area (Å²) in [6.07, 6.45) is 0.883. The summed E-state index contributed by atoms with van der Waals surface area (Å²) in [5.74, 6) is 0.864. The quantitative estimate of drug-likeness (QED) is 0.671. The van der Waals surface area contributed by atoms with Crippen LogP contribution in [0.1, 0.15) is 26.3 Å². The lowest BCUT2D eigenvalue weighted by molar-refractivity contribution is -0.0613. The SMILES string of the molecule is CCOC(C)Oc1ccc(CC)cc1. The van der Waals surface area contributed by atoms with Crippen molar-refractivity contribution in [3.8, 4) is 5.75 Å². The summed E-state index contributed by atoms with van der Waals surface area (Å²) in [6.45, 7) is 6.67. The molecule has 0 amide bonds. The van der Waals surface area contributed by atoms with Gasteiger partial charge in [-0.2, -0.15) is 0 Å². The Labute approximate surface area is 85.8 Å². The maximum atomic E-state index is 5.53. The van der Waals surface area contributed by atoms with E-state index < -0.39 is 0 Å². The smallest absolute Gasteiger partial charge is 0.196 e. The van der Waals surface area contributed by atoms with Gasteiger partial charge in [0.25, 0.3) is 0 Å². The summed E-state index contributed by atoms with van der Waals surface area (Å²) in [7, 11) is 0. The highest BCUT2D eigenvalue weighted by atomic mass is 16.7. The summed E-state index contributed by atoms with van der Waals surface area (Å²) in [4.78, 5) is 0. The molecule has 0 aliphatic rings. The van der Waals surface area contributed by atoms with Gasteiger partial charge in [-0.15, -0.1) is 0 Å². The van der Waals surface area contributed by atoms with Gasteiger partial charge in [-0.3, -0.25) is 0 Å². The van der Waals surface area contributed by atoms with Crippen LogP contribution in [0.2, 0.25) is 0 Å². The standard InChI is InChI=1S/C12H18O2/c1-4-11-6-8-12(9-7-11)14-10(3)13-5-2/h6-10H,4-5H2,1-3H3. The highest BCUT2D eigenvalue weighted by molar-refractivity contribution is 5.27. The van der Waals surface area contributed by atoms with Crippen LogP contribution in [-0.4, -0.2) is 12.9 Å². The average Bonchev–Trinajstić information content (AvgIpc) is 2.19. The molecule has 0 spiro atoms. The predicted octanol–water partition coefficient (Wildman–Crippen LogP) is 3.01. The van der Waals surface area contributed by atoms with Gasteiger partial charge in [0, 0.05) is 6.61 Å². The molecule has 0 radical (unpaired) electrons. The lowest BCUT2D eigenvalue weighted by Gasteiger charge is -2.14. The number of aryl methyl sites for hydroxylation is 1. The van der Waals surface area contributed by atoms with Crippen LogP contribution in [0.5, 0.6) is 5.75 Å². The fourth-order valence-corrected chi connectivity index (χ4v) is 1.26. The topological polar surface area (TPSA) is 18.5 Å². The lowest BCUT2D eigenvalue weighted by Crippen LogP contribution is -2.15. The summed E-state index contributed by atoms with van der Waals surface area (Å²) in [5.41, 5.74) is 1.32. The zero-order valence-electron chi connectivity index (χ0n) is 9.12. The first-order valence-corrected chi connectivity index (χ1v) is 5.13. The third kappa shape index (κ3) is 3.38. The van der Waals surface area contributed by atoms with Crippen molar-refractivity contribution in [1.29, 1.82) is 0 Å². The first-order valence-electron chi connectivity index (χ1n) is 5.13. The van der Waals surface area contributed by atoms with Gasteiger partial charge in [-0.1, -0.05) is 19.1 Å². The van der Waals surface area contributed by atoms with E-state index in [1.165, 1.54) is 5.56 Å². The van der Waals surface area contributed by atoms with Crippen LogP contribution in [0.25, 0.3) is 0 Å². The third-order valence-corrected chi connectivity index (χ3v) is 2.04. The molecule has 1 aromatic carbocycles. The molecule has 2 heteroatoms. The molecule has 0 aromatic heterocycles. The molecule has 2 nitrogen and oxygen atoms in total. The molecule has 0 bridgehead atoms. The number of hydrogen-bond acceptors (Lipinski definition) is 2. The van der Waals surface area contributed by atoms with E-state index in [9.17, 15) is 0 Å². The van der Waals surface area contributed by atoms with E-state index in [-0.39, 0.29) is 6.29 Å². The Balaban J connectivity index is 2.50. The van der Waals surface area contributed by atoms with Crippen LogP contribution < -0.4 is 4.74 Å². The van der Waals surface area contributed by atoms with Gasteiger partial charge in [-0.05, 0) is 38.0 Å². The monoisotopic (exact) mass is 194 g/mol. The van der Waals surface area contributed by atoms with E-state index in [2.05, 4.69) is 19.1 Å². The van der Waals surface area contributed by atoms with E-state index in [1.54, 1.807) is 0 Å². The van der Waals surface area contributed by atoms with Crippen molar-refractivity contribution in [2.75, 3.05) is 6.61 Å². The second-order valence-corrected chi connectivity index (χ2v) is 3.14. The lowest BCUT2D eigenvalue weighted by atomic mass is 10.2. The number of hydrogen-bond donors (Lipinski definition) is 0. The Bertz CT molecular complexity index is 254. The molecule has 1 rings (SSSR count). The maximum Gasteiger partial charge on any atom is 0.196 e. The van der Waals surface area contributed by atoms with Crippen LogP contribution in [0.3, 0.4) is 0 Å². The molecular formula is C12H18O2. The zero-order valence-corrected chi connectivity index (χ0v) is 9.12. The van der Waals surface area contributed by atoms with E-state index in [0.717, 1.165) is 12.2 Å². The van der Waals surface area contributed by atoms with Crippen LogP contribution in [0.15, 0.2) is 24.3 Å². The molecule has 0 aliphatic heterocycles. The Morgan fingerprint density at radius 1 is 1.14 bits per heavy atom. The normalized spacial score (nSPS) is 12.5. The van der Waals surface area contributed by atoms with Gasteiger partial charge in [-0.25, -0.2) is 0 Å². The van der Waals surface area contributed by atoms with Crippen LogP contribution >= 0.6 is 0 Å². The molecule has 14 heavy (non-hydrogen) atoms. The van der Waals surface area contributed by atoms with E-state index in [1.807, 2.05) is 26.0 Å². The van der Waals surface area contributed by atoms with Gasteiger partial charge in [0.05, 0.1) is 0 Å². The molecule has 78 valence electrons. The van der Waals surface area contributed by atoms with Crippen molar-refractivity contribution < 1.29 is 9.47 Å². The first kappa shape index (κ1) is 11.1. The van der Waals surface area contributed by atoms with Crippen molar-refractivity contribution >= 4 is 0 Å². The fourth-order valence-electron chi connectivity index (χ4n) is 1.26. The van der Waals surface area contributed by atoms with Crippen molar-refractivity contribution in [3.05, 3.63) is 29.8 Å². The van der Waals surface area contributed by atoms with Gasteiger partial charge < -0.3 is 9.47 Å². The highest BCUT2D eigenvalue weighted by Gasteiger charge is 2.01. The Morgan fingerprint density at radius 2 is 1.79 bits per heavy atom. The van der Waals surface area contributed by atoms with Crippen molar-refractivity contribution in [2.24, 2.45) is 0 Å². The molecule has 1 aromatic rings. The minimum atomic E-state index is -0.174. The molecule has 0 N–H and O–H groups in total. The number of rotatable bonds is 5. The minimum absolute atomic E-state index is 0.174. The maximum absolute atomic E-state index is 5.53. The van der Waals surface area contributed by atoms with E-state index >= 15 is 0 Å². The van der Waals surface area contributed by atoms with Crippen molar-refractivity contribution in [3.63, 3.8) is 0 Å². The summed E-state index contributed by atoms with van der Waals surface area (Å²) in [6, 6.07) is 8.12. The van der Waals surface area contributed by atoms with Crippen LogP contribution in [-0.2, 0) is 11.2 Å². The summed E-state index contributed by atoms with van der Waals surface area (Å²) < 4.78 is 10.8. The van der Waals surface area contributed by atoms with Crippen LogP contribution in [0.4, 0.5) is 0 Å². The predicted molar refractivity (Wildman–Crippen MR) is 57.5 cm³/mol. The fraction of sp³-hybridized carbons (Fsp3) is 0.500. The van der Waals surface area contributed by atoms with E-state index in [4.69, 9.17) is 9.47 Å². The largest absolute Gasteiger partial charge is 0.465 e. The molecule has 1 unspecified atom stereocenters. The first-order chi connectivity index (χ1) is 6.76. The van der Waals surface area contributed by atoms with E-state index in [0.29, 0.717) is 6.61 Å². The van der Waals surface area contributed by atoms with Crippen molar-refractivity contribution in [2.45, 2.75) is 33.5 Å². The third-order valence-electron chi connectivity index (χ3n) is 2.04. The second-order valence-electron chi connectivity index (χ2n) is 3.14. The second kappa shape index (κ2) is 5.66. The van der Waals surface area contributed by atoms with Gasteiger partial charge in [0.2, 0.25) is 0 Å². The Kier molecular flexibility index (Phi) is 4.47. The average molecular weight is 194 g/mol. The van der Waals surface area contributed by atoms with Crippen LogP contribution in [0, 0.1) is 0 Å². The van der Waals surface area contributed by atoms with Gasteiger partial charge >= 0.3 is 0 Å². The van der Waals surface area contributed by atoms with Crippen molar-refractivity contribution in [1.82, 2.24) is 0 Å². The number of ether oxygens (including phenoxy) is 2. The Morgan fingerprint density at radius 3 is 2.29 bits per heavy atom. The molecular weight excluding hydrogens is 176 g/mol. The summed E-state index contributed by atoms with van der Waals surface area (Å²) in [5, 5.41) is 0. The zero-order chi connectivity index (χ0) is 10.4. The van der Waals surface area contributed by atoms with Gasteiger partial charge in [0.1, 0.15) is 5.75 Å². The molecule has 0 saturated heterocycles. The van der Waals surface area contributed by atoms with Gasteiger partial charge in [0.15, 0.2) is 6.29 Å². The molecule has 0 fully saturated rings. The molecule has 0 heterocycles. The molecule has 0 aliphatic carbocycles. The summed E-state index contributed by atoms with van der Waals surface area (Å²) >= 11 is 0. The number of benzene rings is 1.